The van der Waals surface area contributed by atoms with Crippen molar-refractivity contribution in [2.24, 2.45) is 0 Å². The van der Waals surface area contributed by atoms with E-state index in [2.05, 4.69) is 10.3 Å². The number of nitrogens with one attached hydrogen (secondary N) is 1. The van der Waals surface area contributed by atoms with Gasteiger partial charge in [-0.25, -0.2) is 4.98 Å². The third-order valence-electron chi connectivity index (χ3n) is 4.20. The van der Waals surface area contributed by atoms with Crippen LogP contribution in [0.25, 0.3) is 0 Å². The van der Waals surface area contributed by atoms with E-state index < -0.39 is 0 Å². The molecular formula is C16H22N2O3S. The Morgan fingerprint density at radius 3 is 2.86 bits per heavy atom. The molecule has 3 rings (SSSR count). The number of rotatable bonds is 4. The average molecular weight is 322 g/mol. The van der Waals surface area contributed by atoms with Crippen LogP contribution in [0.15, 0.2) is 18.3 Å². The van der Waals surface area contributed by atoms with Gasteiger partial charge in [-0.3, -0.25) is 4.79 Å². The molecule has 1 saturated heterocycles. The van der Waals surface area contributed by atoms with Gasteiger partial charge < -0.3 is 15.2 Å². The molecule has 2 N–H and O–H groups in total. The Morgan fingerprint density at radius 1 is 1.32 bits per heavy atom. The highest BCUT2D eigenvalue weighted by Crippen LogP contribution is 2.23. The van der Waals surface area contributed by atoms with E-state index in [0.717, 1.165) is 43.6 Å². The van der Waals surface area contributed by atoms with Crippen molar-refractivity contribution in [3.05, 3.63) is 23.9 Å². The van der Waals surface area contributed by atoms with E-state index in [9.17, 15) is 9.90 Å². The van der Waals surface area contributed by atoms with Crippen molar-refractivity contribution in [3.63, 3.8) is 0 Å². The number of thioether (sulfide) groups is 1. The van der Waals surface area contributed by atoms with Crippen molar-refractivity contribution in [2.45, 2.75) is 50.4 Å². The van der Waals surface area contributed by atoms with Crippen LogP contribution in [0.5, 0.6) is 5.88 Å². The zero-order valence-electron chi connectivity index (χ0n) is 12.5. The second-order valence-corrected chi connectivity index (χ2v) is 7.11. The standard InChI is InChI=1S/C16H22N2O3S/c19-13-3-1-12(2-4-13)18-16(20)11-5-7-17-15(9-11)21-14-6-8-22-10-14/h5,7,9,12-14,19H,1-4,6,8,10H2,(H,18,20). The molecule has 22 heavy (non-hydrogen) atoms. The number of aliphatic hydroxyl groups is 1. The molecule has 5 nitrogen and oxygen atoms in total. The highest BCUT2D eigenvalue weighted by atomic mass is 32.2. The summed E-state index contributed by atoms with van der Waals surface area (Å²) in [6.45, 7) is 0. The molecule has 1 unspecified atom stereocenters. The van der Waals surface area contributed by atoms with Crippen LogP contribution in [0.4, 0.5) is 0 Å². The van der Waals surface area contributed by atoms with Crippen LogP contribution in [-0.4, -0.2) is 45.8 Å². The molecular weight excluding hydrogens is 300 g/mol. The first-order chi connectivity index (χ1) is 10.7. The Labute approximate surface area is 134 Å². The van der Waals surface area contributed by atoms with E-state index in [1.165, 1.54) is 0 Å². The third-order valence-corrected chi connectivity index (χ3v) is 5.34. The second kappa shape index (κ2) is 7.33. The van der Waals surface area contributed by atoms with E-state index in [1.807, 2.05) is 11.8 Å². The number of carbonyl (C=O) groups is 1. The van der Waals surface area contributed by atoms with Crippen molar-refractivity contribution in [1.82, 2.24) is 10.3 Å². The minimum atomic E-state index is -0.210. The Morgan fingerprint density at radius 2 is 2.14 bits per heavy atom. The number of pyridine rings is 1. The fourth-order valence-corrected chi connectivity index (χ4v) is 3.97. The van der Waals surface area contributed by atoms with Gasteiger partial charge in [0.2, 0.25) is 5.88 Å². The first-order valence-electron chi connectivity index (χ1n) is 7.90. The maximum Gasteiger partial charge on any atom is 0.251 e. The number of hydrogen-bond donors (Lipinski definition) is 2. The van der Waals surface area contributed by atoms with Crippen molar-refractivity contribution in [3.8, 4) is 5.88 Å². The first-order valence-corrected chi connectivity index (χ1v) is 9.05. The molecule has 1 aliphatic heterocycles. The summed E-state index contributed by atoms with van der Waals surface area (Å²) in [4.78, 5) is 16.5. The predicted molar refractivity (Wildman–Crippen MR) is 86.3 cm³/mol. The molecule has 6 heteroatoms. The summed E-state index contributed by atoms with van der Waals surface area (Å²) >= 11 is 1.88. The van der Waals surface area contributed by atoms with Gasteiger partial charge in [0, 0.05) is 29.6 Å². The molecule has 1 atom stereocenters. The average Bonchev–Trinajstić information content (AvgIpc) is 3.03. The zero-order valence-corrected chi connectivity index (χ0v) is 13.3. The molecule has 2 aliphatic rings. The van der Waals surface area contributed by atoms with Crippen LogP contribution >= 0.6 is 11.8 Å². The predicted octanol–water partition coefficient (Wildman–Crippen LogP) is 2.00. The highest BCUT2D eigenvalue weighted by Gasteiger charge is 2.22. The third kappa shape index (κ3) is 4.14. The topological polar surface area (TPSA) is 71.5 Å². The van der Waals surface area contributed by atoms with Gasteiger partial charge in [-0.15, -0.1) is 0 Å². The molecule has 0 radical (unpaired) electrons. The lowest BCUT2D eigenvalue weighted by molar-refractivity contribution is 0.0867. The van der Waals surface area contributed by atoms with E-state index in [0.29, 0.717) is 11.4 Å². The van der Waals surface area contributed by atoms with E-state index >= 15 is 0 Å². The van der Waals surface area contributed by atoms with E-state index in [-0.39, 0.29) is 24.2 Å². The summed E-state index contributed by atoms with van der Waals surface area (Å²) in [7, 11) is 0. The Kier molecular flexibility index (Phi) is 5.20. The van der Waals surface area contributed by atoms with Gasteiger partial charge in [-0.05, 0) is 43.9 Å². The number of hydrogen-bond acceptors (Lipinski definition) is 5. The van der Waals surface area contributed by atoms with E-state index in [1.54, 1.807) is 18.3 Å². The van der Waals surface area contributed by atoms with Crippen LogP contribution in [-0.2, 0) is 0 Å². The summed E-state index contributed by atoms with van der Waals surface area (Å²) < 4.78 is 5.83. The molecule has 2 fully saturated rings. The summed E-state index contributed by atoms with van der Waals surface area (Å²) in [6, 6.07) is 3.58. The normalized spacial score (nSPS) is 28.3. The van der Waals surface area contributed by atoms with Gasteiger partial charge in [0.25, 0.3) is 5.91 Å². The second-order valence-electron chi connectivity index (χ2n) is 5.97. The van der Waals surface area contributed by atoms with Gasteiger partial charge in [-0.2, -0.15) is 11.8 Å². The number of nitrogens with zero attached hydrogens (tertiary/aromatic N) is 1. The fraction of sp³-hybridized carbons (Fsp3) is 0.625. The highest BCUT2D eigenvalue weighted by molar-refractivity contribution is 7.99. The number of ether oxygens (including phenoxy) is 1. The van der Waals surface area contributed by atoms with Crippen LogP contribution in [0.1, 0.15) is 42.5 Å². The monoisotopic (exact) mass is 322 g/mol. The van der Waals surface area contributed by atoms with Crippen LogP contribution in [0.3, 0.4) is 0 Å². The fourth-order valence-electron chi connectivity index (χ4n) is 2.88. The molecule has 0 spiro atoms. The van der Waals surface area contributed by atoms with Crippen molar-refractivity contribution in [1.29, 1.82) is 0 Å². The summed E-state index contributed by atoms with van der Waals surface area (Å²) in [5.41, 5.74) is 0.585. The van der Waals surface area contributed by atoms with Crippen molar-refractivity contribution >= 4 is 17.7 Å². The van der Waals surface area contributed by atoms with Crippen LogP contribution in [0, 0.1) is 0 Å². The van der Waals surface area contributed by atoms with Crippen molar-refractivity contribution < 1.29 is 14.6 Å². The molecule has 2 heterocycles. The lowest BCUT2D eigenvalue weighted by atomic mass is 9.93. The molecule has 1 aromatic rings. The summed E-state index contributed by atoms with van der Waals surface area (Å²) in [5, 5.41) is 12.6. The molecule has 1 aliphatic carbocycles. The molecule has 120 valence electrons. The van der Waals surface area contributed by atoms with Gasteiger partial charge in [0.1, 0.15) is 6.10 Å². The summed E-state index contributed by atoms with van der Waals surface area (Å²) in [5.74, 6) is 2.55. The van der Waals surface area contributed by atoms with Crippen LogP contribution in [0.2, 0.25) is 0 Å². The quantitative estimate of drug-likeness (QED) is 0.887. The van der Waals surface area contributed by atoms with Gasteiger partial charge in [0.15, 0.2) is 0 Å². The number of carbonyl (C=O) groups excluding carboxylic acids is 1. The van der Waals surface area contributed by atoms with Gasteiger partial charge in [-0.1, -0.05) is 0 Å². The Bertz CT molecular complexity index is 512. The largest absolute Gasteiger partial charge is 0.473 e. The van der Waals surface area contributed by atoms with Crippen LogP contribution < -0.4 is 10.1 Å². The Hall–Kier alpha value is -1.27. The molecule has 0 aromatic carbocycles. The molecule has 1 amide bonds. The minimum absolute atomic E-state index is 0.0885. The zero-order chi connectivity index (χ0) is 15.4. The first kappa shape index (κ1) is 15.6. The number of aliphatic hydroxyl groups excluding tert-OH is 1. The maximum absolute atomic E-state index is 12.3. The smallest absolute Gasteiger partial charge is 0.251 e. The number of amides is 1. The summed E-state index contributed by atoms with van der Waals surface area (Å²) in [6.07, 6.45) is 5.84. The SMILES string of the molecule is O=C(NC1CCC(O)CC1)c1ccnc(OC2CCSC2)c1. The molecule has 1 saturated carbocycles. The van der Waals surface area contributed by atoms with Crippen molar-refractivity contribution in [2.75, 3.05) is 11.5 Å². The minimum Gasteiger partial charge on any atom is -0.473 e. The lowest BCUT2D eigenvalue weighted by Crippen LogP contribution is -2.38. The maximum atomic E-state index is 12.3. The van der Waals surface area contributed by atoms with Gasteiger partial charge in [0.05, 0.1) is 6.10 Å². The molecule has 0 bridgehead atoms. The van der Waals surface area contributed by atoms with Gasteiger partial charge >= 0.3 is 0 Å². The lowest BCUT2D eigenvalue weighted by Gasteiger charge is -2.26. The molecule has 1 aromatic heterocycles. The Balaban J connectivity index is 1.57. The number of aromatic nitrogens is 1. The van der Waals surface area contributed by atoms with E-state index in [4.69, 9.17) is 4.74 Å².